The summed E-state index contributed by atoms with van der Waals surface area (Å²) in [5, 5.41) is 13.3. The molecule has 8 heteroatoms. The number of aryl methyl sites for hydroxylation is 1. The monoisotopic (exact) mass is 543 g/mol. The van der Waals surface area contributed by atoms with Crippen molar-refractivity contribution in [3.05, 3.63) is 107 Å². The number of carbonyl (C=O) groups is 1. The zero-order valence-corrected chi connectivity index (χ0v) is 22.9. The number of imidazole rings is 1. The van der Waals surface area contributed by atoms with Crippen LogP contribution in [0, 0.1) is 0 Å². The number of carbonyl (C=O) groups excluding carboxylic acids is 1. The Kier molecular flexibility index (Phi) is 8.78. The van der Waals surface area contributed by atoms with Crippen LogP contribution < -0.4 is 5.32 Å². The van der Waals surface area contributed by atoms with E-state index in [1.165, 1.54) is 6.92 Å². The highest BCUT2D eigenvalue weighted by molar-refractivity contribution is 7.99. The van der Waals surface area contributed by atoms with E-state index in [4.69, 9.17) is 9.47 Å². The van der Waals surface area contributed by atoms with Crippen molar-refractivity contribution in [1.82, 2.24) is 14.9 Å². The number of hydrogen-bond acceptors (Lipinski definition) is 6. The molecule has 1 fully saturated rings. The summed E-state index contributed by atoms with van der Waals surface area (Å²) >= 11 is 1.68. The minimum atomic E-state index is -0.532. The van der Waals surface area contributed by atoms with Gasteiger partial charge >= 0.3 is 0 Å². The van der Waals surface area contributed by atoms with Gasteiger partial charge in [-0.3, -0.25) is 4.79 Å². The van der Waals surface area contributed by atoms with Crippen molar-refractivity contribution in [2.45, 2.75) is 50.2 Å². The maximum atomic E-state index is 11.4. The number of aliphatic hydroxyl groups is 1. The van der Waals surface area contributed by atoms with Gasteiger partial charge in [0.15, 0.2) is 11.4 Å². The maximum absolute atomic E-state index is 11.4. The number of hydrogen-bond donors (Lipinski definition) is 2. The lowest BCUT2D eigenvalue weighted by molar-refractivity contribution is -0.245. The van der Waals surface area contributed by atoms with Gasteiger partial charge in [-0.15, -0.1) is 0 Å². The molecule has 1 saturated heterocycles. The van der Waals surface area contributed by atoms with Gasteiger partial charge in [-0.1, -0.05) is 72.4 Å². The van der Waals surface area contributed by atoms with Gasteiger partial charge in [0.2, 0.25) is 5.91 Å². The minimum Gasteiger partial charge on any atom is -0.392 e. The number of rotatable bonds is 9. The Balaban J connectivity index is 1.38. The molecule has 2 N–H and O–H groups in total. The summed E-state index contributed by atoms with van der Waals surface area (Å²) in [5.74, 6) is 0.700. The van der Waals surface area contributed by atoms with Crippen LogP contribution in [0.3, 0.4) is 0 Å². The summed E-state index contributed by atoms with van der Waals surface area (Å²) in [6.07, 6.45) is 3.75. The highest BCUT2D eigenvalue weighted by Crippen LogP contribution is 2.40. The summed E-state index contributed by atoms with van der Waals surface area (Å²) in [7, 11) is 1.99. The summed E-state index contributed by atoms with van der Waals surface area (Å²) in [4.78, 5) is 15.8. The molecule has 0 spiro atoms. The van der Waals surface area contributed by atoms with Crippen LogP contribution in [0.2, 0.25) is 0 Å². The minimum absolute atomic E-state index is 0.0132. The van der Waals surface area contributed by atoms with Gasteiger partial charge in [0.25, 0.3) is 0 Å². The second kappa shape index (κ2) is 12.6. The molecule has 2 heterocycles. The third-order valence-electron chi connectivity index (χ3n) is 6.75. The van der Waals surface area contributed by atoms with E-state index in [0.717, 1.165) is 50.7 Å². The second-order valence-corrected chi connectivity index (χ2v) is 10.7. The predicted octanol–water partition coefficient (Wildman–Crippen LogP) is 5.55. The molecule has 1 aromatic heterocycles. The number of benzene rings is 3. The van der Waals surface area contributed by atoms with Gasteiger partial charge in [0.1, 0.15) is 0 Å². The Morgan fingerprint density at radius 2 is 1.79 bits per heavy atom. The van der Waals surface area contributed by atoms with Crippen LogP contribution in [-0.4, -0.2) is 32.4 Å². The van der Waals surface area contributed by atoms with Crippen molar-refractivity contribution in [2.24, 2.45) is 7.05 Å². The van der Waals surface area contributed by atoms with E-state index in [2.05, 4.69) is 34.6 Å². The highest BCUT2D eigenvalue weighted by atomic mass is 32.2. The van der Waals surface area contributed by atoms with Crippen LogP contribution in [-0.2, 0) is 34.5 Å². The van der Waals surface area contributed by atoms with Gasteiger partial charge < -0.3 is 24.5 Å². The van der Waals surface area contributed by atoms with Gasteiger partial charge in [-0.05, 0) is 39.9 Å². The Morgan fingerprint density at radius 3 is 2.51 bits per heavy atom. The van der Waals surface area contributed by atoms with E-state index >= 15 is 0 Å². The van der Waals surface area contributed by atoms with Crippen LogP contribution in [0.5, 0.6) is 0 Å². The molecule has 5 rings (SSSR count). The largest absolute Gasteiger partial charge is 0.392 e. The van der Waals surface area contributed by atoms with Crippen molar-refractivity contribution < 1.29 is 19.4 Å². The predicted molar refractivity (Wildman–Crippen MR) is 152 cm³/mol. The van der Waals surface area contributed by atoms with Crippen LogP contribution in [0.1, 0.15) is 48.0 Å². The van der Waals surface area contributed by atoms with Crippen molar-refractivity contribution in [3.63, 3.8) is 0 Å². The number of aromatic nitrogens is 2. The smallest absolute Gasteiger partial charge is 0.217 e. The topological polar surface area (TPSA) is 85.6 Å². The fourth-order valence-electron chi connectivity index (χ4n) is 4.63. The molecule has 3 atom stereocenters. The molecule has 4 aromatic rings. The van der Waals surface area contributed by atoms with E-state index in [9.17, 15) is 9.90 Å². The molecule has 1 aliphatic rings. The van der Waals surface area contributed by atoms with Gasteiger partial charge in [0, 0.05) is 50.6 Å². The highest BCUT2D eigenvalue weighted by Gasteiger charge is 2.32. The number of nitrogens with one attached hydrogen (secondary N) is 1. The Hall–Kier alpha value is -3.43. The number of thioether (sulfide) groups is 1. The molecule has 0 radical (unpaired) electrons. The number of ether oxygens (including phenoxy) is 2. The third-order valence-corrected chi connectivity index (χ3v) is 7.94. The third kappa shape index (κ3) is 6.96. The number of amides is 1. The molecular weight excluding hydrogens is 510 g/mol. The second-order valence-electron chi connectivity index (χ2n) is 9.72. The van der Waals surface area contributed by atoms with E-state index in [-0.39, 0.29) is 24.7 Å². The van der Waals surface area contributed by atoms with E-state index < -0.39 is 6.29 Å². The molecule has 202 valence electrons. The van der Waals surface area contributed by atoms with Crippen LogP contribution in [0.15, 0.2) is 90.3 Å². The Bertz CT molecular complexity index is 1400. The molecule has 3 aromatic carbocycles. The van der Waals surface area contributed by atoms with Gasteiger partial charge in [-0.25, -0.2) is 4.98 Å². The molecule has 0 aliphatic carbocycles. The quantitative estimate of drug-likeness (QED) is 0.269. The average Bonchev–Trinajstić information content (AvgIpc) is 3.39. The zero-order chi connectivity index (χ0) is 27.2. The number of aliphatic hydroxyl groups excluding tert-OH is 1. The van der Waals surface area contributed by atoms with E-state index in [1.807, 2.05) is 66.3 Å². The SMILES string of the molecule is CC(=O)NCc1cccc(-c2cccc([C@@H]3O[C@H](CSc4nccn4C)C[C@H](c4ccc(CO)cc4)O3)c2)c1. The number of nitrogens with zero attached hydrogens (tertiary/aromatic N) is 2. The fourth-order valence-corrected chi connectivity index (χ4v) is 5.58. The molecule has 1 aliphatic heterocycles. The van der Waals surface area contributed by atoms with Crippen molar-refractivity contribution in [2.75, 3.05) is 5.75 Å². The Labute approximate surface area is 233 Å². The maximum Gasteiger partial charge on any atom is 0.217 e. The first kappa shape index (κ1) is 27.1. The zero-order valence-electron chi connectivity index (χ0n) is 22.1. The van der Waals surface area contributed by atoms with Gasteiger partial charge in [-0.2, -0.15) is 0 Å². The van der Waals surface area contributed by atoms with Crippen LogP contribution >= 0.6 is 11.8 Å². The molecule has 0 bridgehead atoms. The lowest BCUT2D eigenvalue weighted by Crippen LogP contribution is -2.31. The molecule has 1 amide bonds. The van der Waals surface area contributed by atoms with Crippen molar-refractivity contribution >= 4 is 17.7 Å². The molecular formula is C31H33N3O4S. The molecule has 0 unspecified atom stereocenters. The first-order valence-corrected chi connectivity index (χ1v) is 14.0. The average molecular weight is 544 g/mol. The molecule has 7 nitrogen and oxygen atoms in total. The van der Waals surface area contributed by atoms with Crippen molar-refractivity contribution in [3.8, 4) is 11.1 Å². The van der Waals surface area contributed by atoms with Crippen molar-refractivity contribution in [1.29, 1.82) is 0 Å². The van der Waals surface area contributed by atoms with E-state index in [1.54, 1.807) is 18.0 Å². The fraction of sp³-hybridized carbons (Fsp3) is 0.290. The molecule has 0 saturated carbocycles. The van der Waals surface area contributed by atoms with E-state index in [0.29, 0.717) is 6.54 Å². The normalized spacial score (nSPS) is 19.1. The van der Waals surface area contributed by atoms with Crippen LogP contribution in [0.4, 0.5) is 0 Å². The standard InChI is InChI=1S/C31H33N3O4S/c1-21(36)33-18-23-5-3-6-25(15-23)26-7-4-8-27(16-26)30-37-28(20-39-31-32-13-14-34(31)2)17-29(38-30)24-11-9-22(19-35)10-12-24/h3-16,28-30,35H,17-20H2,1-2H3,(H,33,36)/t28-,29+,30+/m0/s1. The first-order valence-electron chi connectivity index (χ1n) is 13.0. The first-order chi connectivity index (χ1) is 19.0. The Morgan fingerprint density at radius 1 is 1.03 bits per heavy atom. The van der Waals surface area contributed by atoms with Crippen LogP contribution in [0.25, 0.3) is 11.1 Å². The lowest BCUT2D eigenvalue weighted by atomic mass is 9.99. The summed E-state index contributed by atoms with van der Waals surface area (Å²) in [6.45, 7) is 2.02. The molecule has 39 heavy (non-hydrogen) atoms. The lowest BCUT2D eigenvalue weighted by Gasteiger charge is -2.36. The summed E-state index contributed by atoms with van der Waals surface area (Å²) in [6, 6.07) is 24.3. The summed E-state index contributed by atoms with van der Waals surface area (Å²) < 4.78 is 15.1. The van der Waals surface area contributed by atoms with Gasteiger partial charge in [0.05, 0.1) is 18.8 Å². The summed E-state index contributed by atoms with van der Waals surface area (Å²) in [5.41, 5.74) is 6.04.